The Hall–Kier alpha value is -8.33. The van der Waals surface area contributed by atoms with Gasteiger partial charge in [0.05, 0.1) is 173 Å². The number of thioether (sulfide) groups is 1. The molecule has 1 unspecified atom stereocenters. The van der Waals surface area contributed by atoms with Crippen molar-refractivity contribution in [3.63, 3.8) is 0 Å². The van der Waals surface area contributed by atoms with Gasteiger partial charge in [-0.15, -0.1) is 11.8 Å². The summed E-state index contributed by atoms with van der Waals surface area (Å²) in [7, 11) is 3.10. The number of carbonyl (C=O) groups is 8. The Morgan fingerprint density at radius 2 is 1.03 bits per heavy atom. The smallest absolute Gasteiger partial charge is 0.260 e. The maximum absolute atomic E-state index is 14.2. The number of unbranched alkanes of at least 4 members (excludes halogenated alkanes) is 2. The number of carbonyl (C=O) groups excluding carboxylic acids is 8. The molecule has 4 N–H and O–H groups in total. The standard InChI is InChI=1S/C88H125N9O20S/c1-60(2)82(94-80(99)27-32-108-34-36-110-38-40-112-42-44-114-46-47-115-45-43-113-41-39-111-37-35-109-33-28-89-79(98)26-29-95-81(100)54-78(87(95)105)118-88(4,5)55-62-18-14-11-9-8-10-12-15-19-62)84(102)92-61(3)83(101)93-67-24-22-64(23-25-67)66-49-69-57-91-73-53-77(75(107-7)51-71(73)86(104)97(69)59-66)117-31-17-13-16-30-116-76-52-72-70(50-74(76)106-6)85(103)96-58-65(63-20-21-63)48-68(96)56-90-72/h22-25,50-53,56-63,68-69,78,82H,8-21,26-49,54-55H2,1-7H3,(H,89,98)(H,92,102)(H,93,101)(H,94,99)/t61-,68-,69-,78?,82-/m1/s1. The van der Waals surface area contributed by atoms with Gasteiger partial charge < -0.3 is 87.9 Å². The van der Waals surface area contributed by atoms with Crippen LogP contribution in [0.25, 0.3) is 5.57 Å². The molecule has 118 heavy (non-hydrogen) atoms. The second kappa shape index (κ2) is 48.2. The average Bonchev–Trinajstić information content (AvgIpc) is 1.62. The van der Waals surface area contributed by atoms with E-state index in [9.17, 15) is 38.4 Å². The Morgan fingerprint density at radius 3 is 1.55 bits per heavy atom. The van der Waals surface area contributed by atoms with Gasteiger partial charge in [-0.25, -0.2) is 0 Å². The van der Waals surface area contributed by atoms with Gasteiger partial charge in [-0.3, -0.25) is 53.2 Å². The average molecular weight is 1660 g/mol. The molecule has 5 heterocycles. The predicted octanol–water partition coefficient (Wildman–Crippen LogP) is 11.3. The van der Waals surface area contributed by atoms with Crippen molar-refractivity contribution in [2.24, 2.45) is 27.7 Å². The highest BCUT2D eigenvalue weighted by atomic mass is 32.2. The molecule has 2 saturated carbocycles. The van der Waals surface area contributed by atoms with Gasteiger partial charge in [0.2, 0.25) is 35.4 Å². The van der Waals surface area contributed by atoms with E-state index in [1.807, 2.05) is 30.7 Å². The summed E-state index contributed by atoms with van der Waals surface area (Å²) < 4.78 is 68.2. The van der Waals surface area contributed by atoms with Gasteiger partial charge in [0.1, 0.15) is 12.1 Å². The fraction of sp³-hybridized carbons (Fsp3) is 0.636. The highest BCUT2D eigenvalue weighted by Gasteiger charge is 2.43. The van der Waals surface area contributed by atoms with E-state index in [0.29, 0.717) is 182 Å². The Kier molecular flexibility index (Phi) is 37.6. The van der Waals surface area contributed by atoms with Crippen LogP contribution in [0.4, 0.5) is 17.1 Å². The monoisotopic (exact) mass is 1660 g/mol. The Bertz CT molecular complexity index is 3920. The third-order valence-corrected chi connectivity index (χ3v) is 23.2. The zero-order valence-electron chi connectivity index (χ0n) is 70.1. The van der Waals surface area contributed by atoms with E-state index in [1.165, 1.54) is 88.2 Å². The van der Waals surface area contributed by atoms with Crippen LogP contribution in [-0.2, 0) is 66.7 Å². The number of fused-ring (bicyclic) bond motifs is 4. The molecule has 29 nitrogen and oxygen atoms in total. The molecule has 1 saturated heterocycles. The molecule has 30 heteroatoms. The number of nitrogens with zero attached hydrogens (tertiary/aromatic N) is 5. The summed E-state index contributed by atoms with van der Waals surface area (Å²) in [5.41, 5.74) is 5.50. The molecule has 3 aromatic rings. The zero-order valence-corrected chi connectivity index (χ0v) is 71.0. The van der Waals surface area contributed by atoms with Crippen LogP contribution in [0, 0.1) is 17.8 Å². The van der Waals surface area contributed by atoms with Crippen molar-refractivity contribution in [2.45, 2.75) is 197 Å². The summed E-state index contributed by atoms with van der Waals surface area (Å²) in [5.74, 6) is 0.620. The first-order chi connectivity index (χ1) is 57.3. The summed E-state index contributed by atoms with van der Waals surface area (Å²) in [6.45, 7) is 16.5. The minimum absolute atomic E-state index is 0.0171. The molecule has 5 atom stereocenters. The van der Waals surface area contributed by atoms with Crippen molar-refractivity contribution < 1.29 is 95.2 Å². The molecular weight excluding hydrogens is 1540 g/mol. The third-order valence-electron chi connectivity index (χ3n) is 21.8. The summed E-state index contributed by atoms with van der Waals surface area (Å²) in [4.78, 5) is 120. The molecule has 0 aromatic heterocycles. The number of benzene rings is 3. The van der Waals surface area contributed by atoms with Gasteiger partial charge in [0.25, 0.3) is 11.8 Å². The van der Waals surface area contributed by atoms with Crippen molar-refractivity contribution in [1.82, 2.24) is 30.7 Å². The number of nitrogens with one attached hydrogen (secondary N) is 4. The van der Waals surface area contributed by atoms with Crippen LogP contribution in [0.3, 0.4) is 0 Å². The number of hydrogen-bond acceptors (Lipinski definition) is 23. The second-order valence-corrected chi connectivity index (χ2v) is 33.8. The fourth-order valence-corrected chi connectivity index (χ4v) is 16.7. The van der Waals surface area contributed by atoms with Crippen molar-refractivity contribution in [3.05, 3.63) is 83.2 Å². The molecule has 2 aliphatic carbocycles. The van der Waals surface area contributed by atoms with Gasteiger partial charge in [0, 0.05) is 86.2 Å². The third kappa shape index (κ3) is 29.0. The van der Waals surface area contributed by atoms with Gasteiger partial charge in [-0.05, 0) is 111 Å². The molecule has 0 bridgehead atoms. The number of likely N-dealkylation sites (tertiary alicyclic amines) is 1. The Morgan fingerprint density at radius 1 is 0.534 bits per heavy atom. The van der Waals surface area contributed by atoms with Crippen molar-refractivity contribution in [3.8, 4) is 23.0 Å². The van der Waals surface area contributed by atoms with Crippen LogP contribution >= 0.6 is 11.8 Å². The maximum Gasteiger partial charge on any atom is 0.260 e. The van der Waals surface area contributed by atoms with Crippen molar-refractivity contribution in [2.75, 3.05) is 152 Å². The van der Waals surface area contributed by atoms with Crippen LogP contribution in [0.2, 0.25) is 0 Å². The lowest BCUT2D eigenvalue weighted by atomic mass is 9.86. The molecule has 3 fully saturated rings. The quantitative estimate of drug-likeness (QED) is 0.0301. The fourth-order valence-electron chi connectivity index (χ4n) is 15.2. The number of hydrogen-bond donors (Lipinski definition) is 4. The maximum atomic E-state index is 14.2. The van der Waals surface area contributed by atoms with E-state index < -0.39 is 29.1 Å². The van der Waals surface area contributed by atoms with Crippen molar-refractivity contribution >= 4 is 94.1 Å². The lowest BCUT2D eigenvalue weighted by Crippen LogP contribution is -2.53. The number of aliphatic imine (C=N–C) groups is 2. The molecule has 0 radical (unpaired) electrons. The van der Waals surface area contributed by atoms with Crippen LogP contribution < -0.4 is 40.2 Å². The number of ether oxygens (including phenoxy) is 12. The van der Waals surface area contributed by atoms with Crippen molar-refractivity contribution in [1.29, 1.82) is 0 Å². The number of amides is 8. The Balaban J connectivity index is 0.491. The van der Waals surface area contributed by atoms with Gasteiger partial charge in [-0.2, -0.15) is 0 Å². The van der Waals surface area contributed by atoms with E-state index >= 15 is 0 Å². The molecule has 10 rings (SSSR count). The lowest BCUT2D eigenvalue weighted by Gasteiger charge is -2.31. The first-order valence-corrected chi connectivity index (χ1v) is 43.4. The van der Waals surface area contributed by atoms with Gasteiger partial charge in [0.15, 0.2) is 23.0 Å². The normalized spacial score (nSPS) is 18.7. The molecule has 648 valence electrons. The van der Waals surface area contributed by atoms with Crippen LogP contribution in [-0.4, -0.2) is 255 Å². The van der Waals surface area contributed by atoms with Gasteiger partial charge in [-0.1, -0.05) is 97.6 Å². The van der Waals surface area contributed by atoms with Gasteiger partial charge >= 0.3 is 0 Å². The highest BCUT2D eigenvalue weighted by molar-refractivity contribution is 8.02. The predicted molar refractivity (Wildman–Crippen MR) is 450 cm³/mol. The minimum atomic E-state index is -0.935. The molecular formula is C88H125N9O20S. The summed E-state index contributed by atoms with van der Waals surface area (Å²) in [5, 5.41) is 10.8. The van der Waals surface area contributed by atoms with E-state index in [-0.39, 0.29) is 97.2 Å². The first-order valence-electron chi connectivity index (χ1n) is 42.5. The number of imide groups is 1. The van der Waals surface area contributed by atoms with Crippen LogP contribution in [0.15, 0.2) is 76.5 Å². The SMILES string of the molecule is COc1cc2c(cc1OCCCCCOc1cc3c(cc1OC)C(=O)N1C=C(C4CC4)C[C@@H]1C=N3)N=C[C@H]1CC(c3ccc(NC(=O)[C@@H](C)NC(=O)[C@H](NC(=O)CCOCCOCCOCCOCCOCCOCCOCCOCCNC(=O)CCN4C(=O)CC(SC(C)(C)CC5CCCCCCCCC5)C4=O)C(C)C)cc3)=CN1C2=O. The topological polar surface area (TPSA) is 330 Å². The number of methoxy groups -OCH3 is 2. The molecule has 5 aliphatic heterocycles. The lowest BCUT2D eigenvalue weighted by molar-refractivity contribution is -0.138. The molecule has 7 aliphatic rings. The van der Waals surface area contributed by atoms with E-state index in [0.717, 1.165) is 43.2 Å². The molecule has 3 aromatic carbocycles. The molecule has 8 amide bonds. The number of anilines is 1. The minimum Gasteiger partial charge on any atom is -0.493 e. The zero-order chi connectivity index (χ0) is 83.6. The summed E-state index contributed by atoms with van der Waals surface area (Å²) >= 11 is 1.63. The molecule has 0 spiro atoms. The van der Waals surface area contributed by atoms with E-state index in [4.69, 9.17) is 66.8 Å². The largest absolute Gasteiger partial charge is 0.493 e. The summed E-state index contributed by atoms with van der Waals surface area (Å²) in [6, 6.07) is 11.9. The van der Waals surface area contributed by atoms with E-state index in [2.05, 4.69) is 35.1 Å². The number of rotatable bonds is 52. The highest BCUT2D eigenvalue weighted by Crippen LogP contribution is 2.46. The van der Waals surface area contributed by atoms with Crippen LogP contribution in [0.1, 0.15) is 189 Å². The Labute approximate surface area is 699 Å². The van der Waals surface area contributed by atoms with E-state index in [1.54, 1.807) is 92.1 Å². The second-order valence-electron chi connectivity index (χ2n) is 31.9. The summed E-state index contributed by atoms with van der Waals surface area (Å²) in [6.07, 6.45) is 26.4. The first kappa shape index (κ1) is 92.0. The van der Waals surface area contributed by atoms with Crippen LogP contribution in [0.5, 0.6) is 23.0 Å².